The van der Waals surface area contributed by atoms with Crippen LogP contribution >= 0.6 is 0 Å². The zero-order valence-corrected chi connectivity index (χ0v) is 3.10. The zero-order valence-electron chi connectivity index (χ0n) is 3.10. The molecule has 0 heterocycles. The highest BCUT2D eigenvalue weighted by molar-refractivity contribution is 5.85. The van der Waals surface area contributed by atoms with Gasteiger partial charge < -0.3 is 0 Å². The van der Waals surface area contributed by atoms with Crippen molar-refractivity contribution in [3.8, 4) is 0 Å². The Balaban J connectivity index is 3.23. The summed E-state index contributed by atoms with van der Waals surface area (Å²) in [6.45, 7) is 3.02. The van der Waals surface area contributed by atoms with E-state index in [4.69, 9.17) is 0 Å². The van der Waals surface area contributed by atoms with E-state index < -0.39 is 5.91 Å². The summed E-state index contributed by atoms with van der Waals surface area (Å²) >= 11 is 0. The van der Waals surface area contributed by atoms with Gasteiger partial charge in [0.05, 0.1) is 0 Å². The quantitative estimate of drug-likeness (QED) is 0.343. The molecule has 0 saturated heterocycles. The Morgan fingerprint density at radius 2 is 2.33 bits per heavy atom. The first-order valence-corrected chi connectivity index (χ1v) is 1.36. The first-order valence-electron chi connectivity index (χ1n) is 1.36. The molecule has 0 aromatic rings. The molecule has 0 atom stereocenters. The summed E-state index contributed by atoms with van der Waals surface area (Å²) in [5, 5.41) is 9.19. The second-order valence-electron chi connectivity index (χ2n) is 0.670. The van der Waals surface area contributed by atoms with Crippen LogP contribution in [0.3, 0.4) is 0 Å². The fraction of sp³-hybridized carbons (Fsp3) is 0. The number of hydrogen-bond donors (Lipinski definition) is 1. The van der Waals surface area contributed by atoms with Gasteiger partial charge in [0.2, 0.25) is 0 Å². The second kappa shape index (κ2) is 2.41. The van der Waals surface area contributed by atoms with Crippen molar-refractivity contribution >= 4 is 5.91 Å². The largest absolute Gasteiger partial charge is 0.269 e. The van der Waals surface area contributed by atoms with Crippen molar-refractivity contribution in [3.05, 3.63) is 12.7 Å². The molecule has 0 bridgehead atoms. The van der Waals surface area contributed by atoms with E-state index in [-0.39, 0.29) is 0 Å². The lowest BCUT2D eigenvalue weighted by Crippen LogP contribution is -2.12. The number of rotatable bonds is 1. The monoisotopic (exact) mass is 86.0 g/mol. The Hall–Kier alpha value is -0.830. The van der Waals surface area contributed by atoms with Gasteiger partial charge in [0.25, 0.3) is 5.91 Å². The highest BCUT2D eigenvalue weighted by Gasteiger charge is 1.82. The minimum atomic E-state index is -0.699. The van der Waals surface area contributed by atoms with Crippen LogP contribution in [0.15, 0.2) is 12.7 Å². The van der Waals surface area contributed by atoms with Gasteiger partial charge in [-0.1, -0.05) is 11.8 Å². The van der Waals surface area contributed by atoms with Gasteiger partial charge in [-0.2, -0.15) is 5.48 Å². The van der Waals surface area contributed by atoms with E-state index in [1.54, 1.807) is 0 Å². The number of amides is 1. The molecule has 1 amide bonds. The Morgan fingerprint density at radius 1 is 1.83 bits per heavy atom. The summed E-state index contributed by atoms with van der Waals surface area (Å²) in [6.07, 6.45) is 0.910. The highest BCUT2D eigenvalue weighted by atomic mass is 16.5. The van der Waals surface area contributed by atoms with Gasteiger partial charge in [-0.05, 0) is 6.08 Å². The van der Waals surface area contributed by atoms with Gasteiger partial charge in [0.15, 0.2) is 0 Å². The Kier molecular flexibility index (Phi) is 2.08. The molecule has 1 radical (unpaired) electrons. The van der Waals surface area contributed by atoms with Crippen LogP contribution in [0, 0.1) is 0 Å². The second-order valence-corrected chi connectivity index (χ2v) is 0.670. The number of nitrogens with one attached hydrogen (secondary N) is 1. The van der Waals surface area contributed by atoms with Crippen LogP contribution in [0.25, 0.3) is 0 Å². The third-order valence-electron chi connectivity index (χ3n) is 0.286. The van der Waals surface area contributed by atoms with Crippen molar-refractivity contribution in [1.82, 2.24) is 5.48 Å². The van der Waals surface area contributed by atoms with Gasteiger partial charge >= 0.3 is 0 Å². The lowest BCUT2D eigenvalue weighted by molar-refractivity contribution is -0.128. The van der Waals surface area contributed by atoms with Crippen molar-refractivity contribution in [1.29, 1.82) is 0 Å². The third-order valence-corrected chi connectivity index (χ3v) is 0.286. The lowest BCUT2D eigenvalue weighted by atomic mass is 10.6. The van der Waals surface area contributed by atoms with Gasteiger partial charge in [0.1, 0.15) is 0 Å². The van der Waals surface area contributed by atoms with Crippen molar-refractivity contribution in [2.45, 2.75) is 0 Å². The van der Waals surface area contributed by atoms with Crippen LogP contribution < -0.4 is 5.48 Å². The average molecular weight is 86.1 g/mol. The predicted octanol–water partition coefficient (Wildman–Crippen LogP) is -0.366. The number of carbonyl (C=O) groups is 1. The smallest absolute Gasteiger partial charge is 0.268 e. The van der Waals surface area contributed by atoms with Gasteiger partial charge in [-0.15, -0.1) is 0 Å². The number of hydrogen-bond acceptors (Lipinski definition) is 1. The standard InChI is InChI=1S/C3H4NO2/c1-2-3(5)4-6/h2H,1H2,(H,4,5). The molecular formula is C3H4NO2. The molecule has 0 spiro atoms. The van der Waals surface area contributed by atoms with Crippen molar-refractivity contribution in [2.75, 3.05) is 0 Å². The maximum absolute atomic E-state index is 9.64. The van der Waals surface area contributed by atoms with Crippen LogP contribution in [0.1, 0.15) is 0 Å². The van der Waals surface area contributed by atoms with Gasteiger partial charge in [-0.3, -0.25) is 4.79 Å². The Bertz CT molecular complexity index is 69.2. The molecule has 0 fully saturated rings. The molecule has 3 heteroatoms. The molecule has 0 aliphatic heterocycles. The first-order chi connectivity index (χ1) is 2.81. The minimum Gasteiger partial charge on any atom is -0.268 e. The molecule has 0 aliphatic carbocycles. The first kappa shape index (κ1) is 5.17. The SMILES string of the molecule is C=CC(=O)N[O]. The fourth-order valence-corrected chi connectivity index (χ4v) is 0.0417. The van der Waals surface area contributed by atoms with Crippen molar-refractivity contribution in [2.24, 2.45) is 0 Å². The fourth-order valence-electron chi connectivity index (χ4n) is 0.0417. The van der Waals surface area contributed by atoms with Crippen molar-refractivity contribution < 1.29 is 10.0 Å². The van der Waals surface area contributed by atoms with E-state index in [0.717, 1.165) is 11.6 Å². The van der Waals surface area contributed by atoms with Crippen molar-refractivity contribution in [3.63, 3.8) is 0 Å². The maximum atomic E-state index is 9.64. The summed E-state index contributed by atoms with van der Waals surface area (Å²) in [6, 6.07) is 0. The highest BCUT2D eigenvalue weighted by Crippen LogP contribution is 1.56. The molecular weight excluding hydrogens is 82.0 g/mol. The van der Waals surface area contributed by atoms with Crippen LogP contribution in [0.4, 0.5) is 0 Å². The van der Waals surface area contributed by atoms with Crippen LogP contribution in [0.5, 0.6) is 0 Å². The molecule has 0 saturated carbocycles. The molecule has 0 unspecified atom stereocenters. The molecule has 6 heavy (non-hydrogen) atoms. The maximum Gasteiger partial charge on any atom is 0.269 e. The van der Waals surface area contributed by atoms with Gasteiger partial charge in [0, 0.05) is 0 Å². The van der Waals surface area contributed by atoms with E-state index in [2.05, 4.69) is 6.58 Å². The molecule has 0 aliphatic rings. The van der Waals surface area contributed by atoms with Crippen LogP contribution in [-0.2, 0) is 10.0 Å². The van der Waals surface area contributed by atoms with E-state index in [0.29, 0.717) is 0 Å². The summed E-state index contributed by atoms with van der Waals surface area (Å²) < 4.78 is 0. The van der Waals surface area contributed by atoms with E-state index in [1.165, 1.54) is 0 Å². The molecule has 1 N–H and O–H groups in total. The molecule has 0 rings (SSSR count). The molecule has 0 aromatic heterocycles. The third kappa shape index (κ3) is 1.49. The topological polar surface area (TPSA) is 49.0 Å². The minimum absolute atomic E-state index is 0.699. The number of hydroxylamine groups is 1. The summed E-state index contributed by atoms with van der Waals surface area (Å²) in [4.78, 5) is 9.64. The molecule has 33 valence electrons. The van der Waals surface area contributed by atoms with E-state index >= 15 is 0 Å². The van der Waals surface area contributed by atoms with E-state index in [9.17, 15) is 10.0 Å². The average Bonchev–Trinajstić information content (AvgIpc) is 1.65. The zero-order chi connectivity index (χ0) is 4.99. The van der Waals surface area contributed by atoms with E-state index in [1.807, 2.05) is 0 Å². The van der Waals surface area contributed by atoms with Crippen LogP contribution in [0.2, 0.25) is 0 Å². The summed E-state index contributed by atoms with van der Waals surface area (Å²) in [5.74, 6) is -0.699. The molecule has 0 aromatic carbocycles. The lowest BCUT2D eigenvalue weighted by Gasteiger charge is -1.77. The molecule has 3 nitrogen and oxygen atoms in total. The normalized spacial score (nSPS) is 6.83. The number of carbonyl (C=O) groups excluding carboxylic acids is 1. The Morgan fingerprint density at radius 3 is 2.33 bits per heavy atom. The van der Waals surface area contributed by atoms with Crippen LogP contribution in [-0.4, -0.2) is 5.91 Å². The summed E-state index contributed by atoms with van der Waals surface area (Å²) in [5.41, 5.74) is 1.11. The summed E-state index contributed by atoms with van der Waals surface area (Å²) in [7, 11) is 0. The Labute approximate surface area is 35.2 Å². The predicted molar refractivity (Wildman–Crippen MR) is 19.0 cm³/mol. The van der Waals surface area contributed by atoms with Gasteiger partial charge in [-0.25, -0.2) is 0 Å².